The molecule has 6 aliphatic heterocycles. The second-order valence-electron chi connectivity index (χ2n) is 8.99. The zero-order valence-corrected chi connectivity index (χ0v) is 13.3. The molecule has 6 aliphatic rings. The molecule has 4 bridgehead atoms. The lowest BCUT2D eigenvalue weighted by Gasteiger charge is -2.65. The molecule has 0 saturated carbocycles. The second kappa shape index (κ2) is 4.32. The molecule has 0 aromatic heterocycles. The van der Waals surface area contributed by atoms with Gasteiger partial charge in [0.15, 0.2) is 0 Å². The Balaban J connectivity index is 1.62. The van der Waals surface area contributed by atoms with Gasteiger partial charge in [-0.15, -0.1) is 0 Å². The van der Waals surface area contributed by atoms with Gasteiger partial charge in [-0.25, -0.2) is 0 Å². The SMILES string of the molecule is O=C1C[N+]23CCCCC2C2CC(C3)[C@@H]3CCCC[N+]3(C1)C2. The Labute approximate surface area is 128 Å². The second-order valence-corrected chi connectivity index (χ2v) is 8.99. The Morgan fingerprint density at radius 1 is 0.762 bits per heavy atom. The van der Waals surface area contributed by atoms with Gasteiger partial charge in [-0.3, -0.25) is 4.79 Å². The number of ketones is 1. The maximum absolute atomic E-state index is 12.8. The fraction of sp³-hybridized carbons (Fsp3) is 0.944. The molecule has 0 N–H and O–H groups in total. The van der Waals surface area contributed by atoms with Crippen molar-refractivity contribution >= 4 is 5.78 Å². The van der Waals surface area contributed by atoms with E-state index in [4.69, 9.17) is 0 Å². The predicted octanol–water partition coefficient (Wildman–Crippen LogP) is 1.96. The van der Waals surface area contributed by atoms with Gasteiger partial charge < -0.3 is 8.97 Å². The molecule has 0 amide bonds. The van der Waals surface area contributed by atoms with Crippen LogP contribution in [0.25, 0.3) is 0 Å². The summed E-state index contributed by atoms with van der Waals surface area (Å²) in [7, 11) is 0. The first-order chi connectivity index (χ1) is 10.2. The molecule has 116 valence electrons. The minimum Gasteiger partial charge on any atom is -0.314 e. The number of hydrogen-bond acceptors (Lipinski definition) is 1. The highest BCUT2D eigenvalue weighted by Gasteiger charge is 2.63. The molecule has 0 aliphatic carbocycles. The average Bonchev–Trinajstić information content (AvgIpc) is 2.45. The Hall–Kier alpha value is -0.410. The van der Waals surface area contributed by atoms with Crippen molar-refractivity contribution in [3.8, 4) is 0 Å². The third kappa shape index (κ3) is 1.71. The summed E-state index contributed by atoms with van der Waals surface area (Å²) < 4.78 is 2.45. The zero-order chi connectivity index (χ0) is 14.1. The number of hydrogen-bond donors (Lipinski definition) is 0. The van der Waals surface area contributed by atoms with Crippen molar-refractivity contribution in [3.63, 3.8) is 0 Å². The molecule has 3 heteroatoms. The van der Waals surface area contributed by atoms with E-state index >= 15 is 0 Å². The number of piperidine rings is 4. The molecule has 6 fully saturated rings. The third-order valence-electron chi connectivity index (χ3n) is 7.99. The first-order valence-electron chi connectivity index (χ1n) is 9.44. The van der Waals surface area contributed by atoms with E-state index in [2.05, 4.69) is 0 Å². The molecule has 0 aromatic carbocycles. The van der Waals surface area contributed by atoms with Gasteiger partial charge in [0, 0.05) is 12.8 Å². The van der Waals surface area contributed by atoms with Crippen LogP contribution in [0, 0.1) is 11.8 Å². The number of rotatable bonds is 0. The predicted molar refractivity (Wildman–Crippen MR) is 81.6 cm³/mol. The Morgan fingerprint density at radius 2 is 1.29 bits per heavy atom. The Kier molecular flexibility index (Phi) is 2.69. The number of nitrogens with zero attached hydrogens (tertiary/aromatic N) is 2. The normalized spacial score (nSPS) is 55.5. The van der Waals surface area contributed by atoms with Crippen molar-refractivity contribution < 1.29 is 13.8 Å². The number of carbonyl (C=O) groups excluding carboxylic acids is 1. The quantitative estimate of drug-likeness (QED) is 0.623. The standard InChI is InChI=1S/C18H30N2O/c21-16-12-19-7-3-1-5-17(19)14-9-15(11-19)18-6-2-4-8-20(18,10-14)13-16/h14-15,17-18H,1-13H2/q+2/t14?,15?,17-,18?,19?,20?/m0/s1. The first kappa shape index (κ1) is 13.1. The molecule has 2 spiro atoms. The van der Waals surface area contributed by atoms with Crippen molar-refractivity contribution in [2.24, 2.45) is 11.8 Å². The van der Waals surface area contributed by atoms with Gasteiger partial charge in [-0.05, 0) is 32.1 Å². The lowest BCUT2D eigenvalue weighted by atomic mass is 9.67. The molecular weight excluding hydrogens is 260 g/mol. The maximum Gasteiger partial charge on any atom is 0.240 e. The highest BCUT2D eigenvalue weighted by atomic mass is 16.1. The van der Waals surface area contributed by atoms with Gasteiger partial charge in [0.1, 0.15) is 13.1 Å². The number of carbonyl (C=O) groups is 1. The van der Waals surface area contributed by atoms with Crippen LogP contribution in [0.2, 0.25) is 0 Å². The summed E-state index contributed by atoms with van der Waals surface area (Å²) in [6.07, 6.45) is 9.91. The van der Waals surface area contributed by atoms with Crippen LogP contribution in [0.15, 0.2) is 0 Å². The maximum atomic E-state index is 12.8. The Bertz CT molecular complexity index is 438. The number of fused-ring (bicyclic) bond motifs is 2. The van der Waals surface area contributed by atoms with Crippen LogP contribution in [-0.2, 0) is 4.79 Å². The minimum absolute atomic E-state index is 0.604. The summed E-state index contributed by atoms with van der Waals surface area (Å²) in [4.78, 5) is 12.8. The highest BCUT2D eigenvalue weighted by Crippen LogP contribution is 2.50. The van der Waals surface area contributed by atoms with Crippen LogP contribution in [0.3, 0.4) is 0 Å². The molecule has 6 atom stereocenters. The van der Waals surface area contributed by atoms with E-state index in [1.165, 1.54) is 80.1 Å². The van der Waals surface area contributed by atoms with E-state index < -0.39 is 0 Å². The third-order valence-corrected chi connectivity index (χ3v) is 7.99. The molecule has 6 rings (SSSR count). The van der Waals surface area contributed by atoms with Crippen LogP contribution < -0.4 is 0 Å². The van der Waals surface area contributed by atoms with Crippen LogP contribution >= 0.6 is 0 Å². The topological polar surface area (TPSA) is 17.1 Å². The molecule has 0 radical (unpaired) electrons. The summed E-state index contributed by atoms with van der Waals surface area (Å²) in [5, 5.41) is 0. The fourth-order valence-corrected chi connectivity index (χ4v) is 7.56. The van der Waals surface area contributed by atoms with Gasteiger partial charge in [0.05, 0.1) is 50.1 Å². The van der Waals surface area contributed by atoms with Crippen LogP contribution in [0.5, 0.6) is 0 Å². The smallest absolute Gasteiger partial charge is 0.240 e. The summed E-state index contributed by atoms with van der Waals surface area (Å²) in [6, 6.07) is 1.69. The van der Waals surface area contributed by atoms with Crippen LogP contribution in [0.4, 0.5) is 0 Å². The van der Waals surface area contributed by atoms with Crippen molar-refractivity contribution in [1.82, 2.24) is 0 Å². The number of Topliss-reactive ketones (excluding diaryl/α,β-unsaturated/α-hetero) is 1. The van der Waals surface area contributed by atoms with Gasteiger partial charge in [-0.2, -0.15) is 0 Å². The largest absolute Gasteiger partial charge is 0.314 e. The van der Waals surface area contributed by atoms with E-state index in [-0.39, 0.29) is 0 Å². The van der Waals surface area contributed by atoms with Crippen LogP contribution in [0.1, 0.15) is 44.9 Å². The fourth-order valence-electron chi connectivity index (χ4n) is 7.56. The molecule has 21 heavy (non-hydrogen) atoms. The monoisotopic (exact) mass is 290 g/mol. The van der Waals surface area contributed by atoms with Crippen molar-refractivity contribution in [3.05, 3.63) is 0 Å². The number of quaternary nitrogens is 2. The van der Waals surface area contributed by atoms with Crippen molar-refractivity contribution in [1.29, 1.82) is 0 Å². The summed E-state index contributed by atoms with van der Waals surface area (Å²) in [5.74, 6) is 2.48. The average molecular weight is 290 g/mol. The molecule has 0 aromatic rings. The van der Waals surface area contributed by atoms with E-state index in [0.717, 1.165) is 37.0 Å². The van der Waals surface area contributed by atoms with E-state index in [9.17, 15) is 4.79 Å². The van der Waals surface area contributed by atoms with Gasteiger partial charge >= 0.3 is 0 Å². The van der Waals surface area contributed by atoms with Crippen LogP contribution in [-0.4, -0.2) is 66.1 Å². The van der Waals surface area contributed by atoms with Gasteiger partial charge in [-0.1, -0.05) is 0 Å². The van der Waals surface area contributed by atoms with Gasteiger partial charge in [0.2, 0.25) is 5.78 Å². The zero-order valence-electron chi connectivity index (χ0n) is 13.3. The summed E-state index contributed by atoms with van der Waals surface area (Å²) in [6.45, 7) is 7.14. The van der Waals surface area contributed by atoms with E-state index in [1.807, 2.05) is 0 Å². The first-order valence-corrected chi connectivity index (χ1v) is 9.44. The molecule has 6 saturated heterocycles. The highest BCUT2D eigenvalue weighted by molar-refractivity contribution is 5.81. The molecular formula is C18H30N2O+2. The van der Waals surface area contributed by atoms with Crippen molar-refractivity contribution in [2.75, 3.05) is 39.3 Å². The lowest BCUT2D eigenvalue weighted by molar-refractivity contribution is -1.02. The van der Waals surface area contributed by atoms with E-state index in [1.54, 1.807) is 0 Å². The lowest BCUT2D eigenvalue weighted by Crippen LogP contribution is -2.80. The molecule has 5 unspecified atom stereocenters. The van der Waals surface area contributed by atoms with E-state index in [0.29, 0.717) is 5.78 Å². The van der Waals surface area contributed by atoms with Crippen molar-refractivity contribution in [2.45, 2.75) is 57.0 Å². The Morgan fingerprint density at radius 3 is 1.81 bits per heavy atom. The minimum atomic E-state index is 0.604. The molecule has 6 heterocycles. The summed E-state index contributed by atoms with van der Waals surface area (Å²) >= 11 is 0. The molecule has 3 nitrogen and oxygen atoms in total. The van der Waals surface area contributed by atoms with Gasteiger partial charge in [0.25, 0.3) is 0 Å². The summed E-state index contributed by atoms with van der Waals surface area (Å²) in [5.41, 5.74) is 0.